The lowest BCUT2D eigenvalue weighted by atomic mass is 9.70. The quantitative estimate of drug-likeness (QED) is 0.0807. The fraction of sp³-hybridized carbons (Fsp3) is 0.846. The topological polar surface area (TPSA) is 71.1 Å². The minimum absolute atomic E-state index is 0.0430. The fourth-order valence-corrected chi connectivity index (χ4v) is 9.11. The van der Waals surface area contributed by atoms with Gasteiger partial charge in [-0.1, -0.05) is 101 Å². The summed E-state index contributed by atoms with van der Waals surface area (Å²) in [5.74, 6) is -0.200. The van der Waals surface area contributed by atoms with Crippen molar-refractivity contribution in [3.63, 3.8) is 0 Å². The Kier molecular flexibility index (Phi) is 17.3. The number of carbonyl (C=O) groups excluding carboxylic acids is 2. The molecule has 0 N–H and O–H groups in total. The summed E-state index contributed by atoms with van der Waals surface area (Å²) in [6.07, 6.45) is 4.43. The minimum atomic E-state index is -2.24. The van der Waals surface area contributed by atoms with E-state index in [4.69, 9.17) is 18.3 Å². The largest absolute Gasteiger partial charge is 0.469 e. The van der Waals surface area contributed by atoms with Crippen molar-refractivity contribution in [1.29, 1.82) is 0 Å². The Morgan fingerprint density at radius 3 is 1.62 bits per heavy atom. The van der Waals surface area contributed by atoms with Crippen molar-refractivity contribution >= 4 is 28.4 Å². The lowest BCUT2D eigenvalue weighted by Crippen LogP contribution is -2.52. The van der Waals surface area contributed by atoms with Crippen LogP contribution >= 0.6 is 0 Å². The predicted molar refractivity (Wildman–Crippen MR) is 205 cm³/mol. The Hall–Kier alpha value is -1.07. The molecule has 0 saturated carbocycles. The van der Waals surface area contributed by atoms with Crippen LogP contribution in [-0.4, -0.2) is 60.9 Å². The van der Waals surface area contributed by atoms with E-state index in [1.807, 2.05) is 27.7 Å². The summed E-state index contributed by atoms with van der Waals surface area (Å²) in [5.41, 5.74) is 1.70. The van der Waals surface area contributed by atoms with Gasteiger partial charge in [0.1, 0.15) is 5.78 Å². The number of ketones is 1. The van der Waals surface area contributed by atoms with E-state index in [2.05, 4.69) is 115 Å². The first-order valence-electron chi connectivity index (χ1n) is 17.8. The van der Waals surface area contributed by atoms with Gasteiger partial charge in [0.05, 0.1) is 37.3 Å². The van der Waals surface area contributed by atoms with Crippen LogP contribution in [0.15, 0.2) is 23.3 Å². The third-order valence-electron chi connectivity index (χ3n) is 11.0. The van der Waals surface area contributed by atoms with E-state index in [1.54, 1.807) is 7.11 Å². The lowest BCUT2D eigenvalue weighted by Gasteiger charge is -2.45. The van der Waals surface area contributed by atoms with E-state index in [0.29, 0.717) is 12.3 Å². The zero-order chi connectivity index (χ0) is 37.5. The number of carbonyl (C=O) groups is 2. The Morgan fingerprint density at radius 1 is 0.745 bits per heavy atom. The van der Waals surface area contributed by atoms with Crippen molar-refractivity contribution in [3.05, 3.63) is 23.3 Å². The zero-order valence-electron chi connectivity index (χ0n) is 34.6. The SMILES string of the molecule is COC(=O)C[C@H](O[Si](C)(C)C(C)(C)C)[C@@H](C)[C@H](OC)C(C)(C)C(=O)[C@@H](C)C[C@H](C)[C@H](O[Si](C)(C)C(C)(C)C)/C(C)=C/[C@@H](C)C=C(C)C. The Labute approximate surface area is 293 Å². The van der Waals surface area contributed by atoms with Gasteiger partial charge in [0.2, 0.25) is 0 Å². The molecule has 7 atom stereocenters. The molecule has 0 radical (unpaired) electrons. The molecule has 276 valence electrons. The van der Waals surface area contributed by atoms with E-state index < -0.39 is 34.3 Å². The second kappa shape index (κ2) is 17.7. The molecule has 6 nitrogen and oxygen atoms in total. The van der Waals surface area contributed by atoms with Crippen molar-refractivity contribution in [3.8, 4) is 0 Å². The Balaban J connectivity index is 6.49. The molecule has 0 aromatic carbocycles. The van der Waals surface area contributed by atoms with E-state index in [-0.39, 0.29) is 52.1 Å². The van der Waals surface area contributed by atoms with E-state index in [1.165, 1.54) is 18.3 Å². The molecule has 0 saturated heterocycles. The van der Waals surface area contributed by atoms with Gasteiger partial charge in [-0.2, -0.15) is 0 Å². The molecular weight excluding hydrogens is 621 g/mol. The van der Waals surface area contributed by atoms with Gasteiger partial charge in [-0.05, 0) is 80.9 Å². The molecule has 0 amide bonds. The van der Waals surface area contributed by atoms with Crippen molar-refractivity contribution in [1.82, 2.24) is 0 Å². The van der Waals surface area contributed by atoms with Crippen LogP contribution in [0.3, 0.4) is 0 Å². The molecule has 0 aliphatic rings. The average molecular weight is 697 g/mol. The lowest BCUT2D eigenvalue weighted by molar-refractivity contribution is -0.149. The van der Waals surface area contributed by atoms with Gasteiger partial charge in [0.15, 0.2) is 16.6 Å². The maximum absolute atomic E-state index is 14.4. The Morgan fingerprint density at radius 2 is 1.21 bits per heavy atom. The molecule has 0 unspecified atom stereocenters. The molecule has 0 aliphatic heterocycles. The van der Waals surface area contributed by atoms with Crippen molar-refractivity contribution in [2.75, 3.05) is 14.2 Å². The molecule has 0 aromatic heterocycles. The van der Waals surface area contributed by atoms with Crippen molar-refractivity contribution in [2.45, 2.75) is 171 Å². The number of ether oxygens (including phenoxy) is 2. The number of allylic oxidation sites excluding steroid dienone is 3. The molecule has 0 aliphatic carbocycles. The van der Waals surface area contributed by atoms with Crippen LogP contribution in [0.1, 0.15) is 117 Å². The third kappa shape index (κ3) is 13.3. The fourth-order valence-electron chi connectivity index (χ4n) is 6.30. The van der Waals surface area contributed by atoms with E-state index >= 15 is 0 Å². The van der Waals surface area contributed by atoms with E-state index in [9.17, 15) is 9.59 Å². The second-order valence-corrected chi connectivity index (χ2v) is 27.7. The summed E-state index contributed by atoms with van der Waals surface area (Å²) < 4.78 is 25.2. The maximum Gasteiger partial charge on any atom is 0.308 e. The highest BCUT2D eigenvalue weighted by Gasteiger charge is 2.48. The van der Waals surface area contributed by atoms with Gasteiger partial charge < -0.3 is 18.3 Å². The van der Waals surface area contributed by atoms with Crippen LogP contribution in [0, 0.1) is 29.1 Å². The molecule has 0 spiro atoms. The number of esters is 1. The second-order valence-electron chi connectivity index (χ2n) is 18.2. The van der Waals surface area contributed by atoms with Crippen LogP contribution in [0.5, 0.6) is 0 Å². The van der Waals surface area contributed by atoms with E-state index in [0.717, 1.165) is 0 Å². The summed E-state index contributed by atoms with van der Waals surface area (Å²) >= 11 is 0. The van der Waals surface area contributed by atoms with Crippen LogP contribution in [-0.2, 0) is 27.9 Å². The zero-order valence-corrected chi connectivity index (χ0v) is 36.6. The van der Waals surface area contributed by atoms with Gasteiger partial charge in [-0.25, -0.2) is 0 Å². The number of Topliss-reactive ketones (excluding diaryl/α,β-unsaturated/α-hetero) is 1. The van der Waals surface area contributed by atoms with Crippen LogP contribution in [0.25, 0.3) is 0 Å². The molecule has 0 heterocycles. The standard InChI is InChI=1S/C39H76O6Si2/c1-26(2)22-27(3)23-28(4)34(45-47(20,21)38(11,12)13)29(5)24-30(6)35(41)39(14,15)36(43-17)31(7)32(25-33(40)42-16)44-46(18,19)37(8,9)10/h22-23,27,29-32,34,36H,24-25H2,1-21H3/b28-23+/t27-,29-,30-,31+,32-,34+,36-/m0/s1. The van der Waals surface area contributed by atoms with Crippen LogP contribution in [0.2, 0.25) is 36.3 Å². The summed E-state index contributed by atoms with van der Waals surface area (Å²) in [4.78, 5) is 27.0. The normalized spacial score (nSPS) is 18.4. The Bertz CT molecular complexity index is 1070. The smallest absolute Gasteiger partial charge is 0.308 e. The van der Waals surface area contributed by atoms with Gasteiger partial charge in [-0.3, -0.25) is 9.59 Å². The number of methoxy groups -OCH3 is 2. The molecule has 0 rings (SSSR count). The van der Waals surface area contributed by atoms with Crippen molar-refractivity contribution < 1.29 is 27.9 Å². The summed E-state index contributed by atoms with van der Waals surface area (Å²) in [5, 5.41) is 0.0218. The monoisotopic (exact) mass is 697 g/mol. The van der Waals surface area contributed by atoms with Gasteiger partial charge in [-0.15, -0.1) is 0 Å². The third-order valence-corrected chi connectivity index (χ3v) is 20.0. The van der Waals surface area contributed by atoms with Gasteiger partial charge in [0, 0.05) is 18.9 Å². The molecule has 47 heavy (non-hydrogen) atoms. The number of hydrogen-bond donors (Lipinski definition) is 0. The number of hydrogen-bond acceptors (Lipinski definition) is 6. The minimum Gasteiger partial charge on any atom is -0.469 e. The first-order chi connectivity index (χ1) is 21.0. The highest BCUT2D eigenvalue weighted by Crippen LogP contribution is 2.43. The first-order valence-corrected chi connectivity index (χ1v) is 23.6. The molecular formula is C39H76O6Si2. The highest BCUT2D eigenvalue weighted by atomic mass is 28.4. The summed E-state index contributed by atoms with van der Waals surface area (Å²) in [7, 11) is -1.28. The van der Waals surface area contributed by atoms with Crippen LogP contribution in [0.4, 0.5) is 0 Å². The summed E-state index contributed by atoms with van der Waals surface area (Å²) in [6, 6.07) is 0. The van der Waals surface area contributed by atoms with Gasteiger partial charge >= 0.3 is 5.97 Å². The molecule has 0 bridgehead atoms. The maximum atomic E-state index is 14.4. The summed E-state index contributed by atoms with van der Waals surface area (Å²) in [6.45, 7) is 41.3. The van der Waals surface area contributed by atoms with Crippen LogP contribution < -0.4 is 0 Å². The number of rotatable bonds is 18. The molecule has 0 aromatic rings. The highest BCUT2D eigenvalue weighted by molar-refractivity contribution is 6.74. The molecule has 0 fully saturated rings. The molecule has 8 heteroatoms. The predicted octanol–water partition coefficient (Wildman–Crippen LogP) is 10.8. The van der Waals surface area contributed by atoms with Gasteiger partial charge in [0.25, 0.3) is 0 Å². The van der Waals surface area contributed by atoms with Crippen molar-refractivity contribution in [2.24, 2.45) is 29.1 Å². The average Bonchev–Trinajstić information content (AvgIpc) is 2.88. The first kappa shape index (κ1) is 45.9.